The Kier molecular flexibility index (Phi) is 3.87. The smallest absolute Gasteiger partial charge is 0.0452 e. The first-order valence-electron chi connectivity index (χ1n) is 8.07. The maximum Gasteiger partial charge on any atom is 0.0452 e. The monoisotopic (exact) mass is 272 g/mol. The van der Waals surface area contributed by atoms with Crippen LogP contribution in [0.15, 0.2) is 24.3 Å². The van der Waals surface area contributed by atoms with E-state index in [0.717, 1.165) is 12.5 Å². The predicted molar refractivity (Wildman–Crippen MR) is 84.9 cm³/mol. The quantitative estimate of drug-likeness (QED) is 0.889. The second-order valence-corrected chi connectivity index (χ2v) is 7.57. The summed E-state index contributed by atoms with van der Waals surface area (Å²) < 4.78 is 0. The Labute approximate surface area is 123 Å². The van der Waals surface area contributed by atoms with Crippen LogP contribution in [0.3, 0.4) is 0 Å². The highest BCUT2D eigenvalue weighted by Gasteiger charge is 2.33. The van der Waals surface area contributed by atoms with E-state index in [1.165, 1.54) is 38.0 Å². The summed E-state index contributed by atoms with van der Waals surface area (Å²) in [6.45, 7) is 12.0. The molecule has 1 fully saturated rings. The van der Waals surface area contributed by atoms with E-state index in [1.54, 1.807) is 5.56 Å². The summed E-state index contributed by atoms with van der Waals surface area (Å²) in [6.07, 6.45) is 2.54. The fourth-order valence-electron chi connectivity index (χ4n) is 3.72. The van der Waals surface area contributed by atoms with Gasteiger partial charge in [-0.2, -0.15) is 0 Å². The summed E-state index contributed by atoms with van der Waals surface area (Å²) >= 11 is 0. The van der Waals surface area contributed by atoms with E-state index in [4.69, 9.17) is 0 Å². The number of likely N-dealkylation sites (tertiary alicyclic amines) is 1. The molecule has 0 aromatic heterocycles. The van der Waals surface area contributed by atoms with Crippen molar-refractivity contribution >= 4 is 0 Å². The molecule has 1 aromatic rings. The number of nitrogens with one attached hydrogen (secondary N) is 1. The lowest BCUT2D eigenvalue weighted by Crippen LogP contribution is -2.38. The summed E-state index contributed by atoms with van der Waals surface area (Å²) in [5.41, 5.74) is 3.52. The van der Waals surface area contributed by atoms with Gasteiger partial charge in [0.05, 0.1) is 0 Å². The Morgan fingerprint density at radius 3 is 2.80 bits per heavy atom. The molecule has 0 amide bonds. The van der Waals surface area contributed by atoms with Gasteiger partial charge in [0.15, 0.2) is 0 Å². The van der Waals surface area contributed by atoms with Crippen LogP contribution in [0, 0.1) is 11.3 Å². The Hall–Kier alpha value is -0.860. The van der Waals surface area contributed by atoms with Gasteiger partial charge in [-0.15, -0.1) is 0 Å². The highest BCUT2D eigenvalue weighted by molar-refractivity contribution is 5.32. The molecule has 0 saturated carbocycles. The zero-order valence-corrected chi connectivity index (χ0v) is 13.2. The summed E-state index contributed by atoms with van der Waals surface area (Å²) in [5.74, 6) is 0.848. The second-order valence-electron chi connectivity index (χ2n) is 7.57. The first kappa shape index (κ1) is 14.1. The Balaban J connectivity index is 1.66. The maximum atomic E-state index is 3.71. The fraction of sp³-hybridized carbons (Fsp3) is 0.667. The third-order valence-electron chi connectivity index (χ3n) is 5.15. The molecule has 2 heteroatoms. The lowest BCUT2D eigenvalue weighted by atomic mass is 9.80. The highest BCUT2D eigenvalue weighted by Crippen LogP contribution is 2.34. The van der Waals surface area contributed by atoms with Crippen molar-refractivity contribution in [1.82, 2.24) is 10.2 Å². The Morgan fingerprint density at radius 2 is 2.05 bits per heavy atom. The van der Waals surface area contributed by atoms with Crippen molar-refractivity contribution in [2.75, 3.05) is 26.2 Å². The Morgan fingerprint density at radius 1 is 1.25 bits per heavy atom. The molecular weight excluding hydrogens is 244 g/mol. The van der Waals surface area contributed by atoms with Crippen molar-refractivity contribution < 1.29 is 0 Å². The van der Waals surface area contributed by atoms with Crippen molar-refractivity contribution in [2.24, 2.45) is 11.3 Å². The van der Waals surface area contributed by atoms with Gasteiger partial charge in [0.2, 0.25) is 0 Å². The van der Waals surface area contributed by atoms with E-state index in [9.17, 15) is 0 Å². The van der Waals surface area contributed by atoms with E-state index >= 15 is 0 Å². The van der Waals surface area contributed by atoms with Gasteiger partial charge in [-0.25, -0.2) is 0 Å². The third kappa shape index (κ3) is 2.91. The van der Waals surface area contributed by atoms with Crippen molar-refractivity contribution in [3.05, 3.63) is 35.4 Å². The summed E-state index contributed by atoms with van der Waals surface area (Å²) in [6, 6.07) is 9.49. The molecule has 20 heavy (non-hydrogen) atoms. The molecule has 2 aliphatic rings. The highest BCUT2D eigenvalue weighted by atomic mass is 15.2. The van der Waals surface area contributed by atoms with Crippen LogP contribution < -0.4 is 5.32 Å². The summed E-state index contributed by atoms with van der Waals surface area (Å²) in [4.78, 5) is 2.66. The summed E-state index contributed by atoms with van der Waals surface area (Å²) in [5, 5.41) is 3.71. The molecular formula is C18H28N2. The average molecular weight is 272 g/mol. The number of hydrogen-bond donors (Lipinski definition) is 1. The first-order chi connectivity index (χ1) is 9.54. The molecule has 0 radical (unpaired) electrons. The van der Waals surface area contributed by atoms with Gasteiger partial charge >= 0.3 is 0 Å². The zero-order chi connectivity index (χ0) is 14.2. The van der Waals surface area contributed by atoms with E-state index in [2.05, 4.69) is 55.3 Å². The van der Waals surface area contributed by atoms with Crippen LogP contribution in [-0.4, -0.2) is 31.1 Å². The van der Waals surface area contributed by atoms with Gasteiger partial charge in [-0.3, -0.25) is 0 Å². The Bertz CT molecular complexity index is 461. The number of nitrogens with zero attached hydrogens (tertiary/aromatic N) is 1. The molecule has 1 N–H and O–H groups in total. The number of benzene rings is 1. The minimum absolute atomic E-state index is 0.451. The molecule has 1 aromatic carbocycles. The molecule has 0 bridgehead atoms. The largest absolute Gasteiger partial charge is 0.309 e. The van der Waals surface area contributed by atoms with Gasteiger partial charge in [-0.05, 0) is 48.4 Å². The van der Waals surface area contributed by atoms with Gasteiger partial charge < -0.3 is 10.2 Å². The molecule has 110 valence electrons. The second kappa shape index (κ2) is 5.50. The van der Waals surface area contributed by atoms with Crippen LogP contribution in [0.4, 0.5) is 0 Å². The van der Waals surface area contributed by atoms with Crippen LogP contribution in [0.5, 0.6) is 0 Å². The van der Waals surface area contributed by atoms with Gasteiger partial charge in [0, 0.05) is 19.1 Å². The van der Waals surface area contributed by atoms with Crippen LogP contribution in [0.2, 0.25) is 0 Å². The van der Waals surface area contributed by atoms with Gasteiger partial charge in [0.25, 0.3) is 0 Å². The van der Waals surface area contributed by atoms with E-state index in [1.807, 2.05) is 0 Å². The molecule has 0 aliphatic carbocycles. The normalized spacial score (nSPS) is 27.6. The number of rotatable bonds is 2. The van der Waals surface area contributed by atoms with Crippen molar-refractivity contribution in [3.63, 3.8) is 0 Å². The van der Waals surface area contributed by atoms with Crippen LogP contribution in [0.25, 0.3) is 0 Å². The molecule has 1 saturated heterocycles. The number of hydrogen-bond acceptors (Lipinski definition) is 2. The van der Waals surface area contributed by atoms with Gasteiger partial charge in [0.1, 0.15) is 0 Å². The standard InChI is InChI=1S/C18H28N2/c1-18(2,3)15-9-11-20(12-15)13-17-16-7-5-4-6-14(16)8-10-19-17/h4-7,15,17,19H,8-13H2,1-3H3. The topological polar surface area (TPSA) is 15.3 Å². The number of fused-ring (bicyclic) bond motifs is 1. The minimum atomic E-state index is 0.451. The molecule has 2 atom stereocenters. The molecule has 3 rings (SSSR count). The summed E-state index contributed by atoms with van der Waals surface area (Å²) in [7, 11) is 0. The first-order valence-corrected chi connectivity index (χ1v) is 8.07. The predicted octanol–water partition coefficient (Wildman–Crippen LogP) is 3.24. The van der Waals surface area contributed by atoms with Crippen LogP contribution >= 0.6 is 0 Å². The molecule has 2 unspecified atom stereocenters. The molecule has 0 spiro atoms. The van der Waals surface area contributed by atoms with Crippen molar-refractivity contribution in [1.29, 1.82) is 0 Å². The average Bonchev–Trinajstić information content (AvgIpc) is 2.88. The molecule has 2 nitrogen and oxygen atoms in total. The minimum Gasteiger partial charge on any atom is -0.309 e. The van der Waals surface area contributed by atoms with E-state index in [0.29, 0.717) is 11.5 Å². The fourth-order valence-corrected chi connectivity index (χ4v) is 3.72. The third-order valence-corrected chi connectivity index (χ3v) is 5.15. The van der Waals surface area contributed by atoms with Crippen molar-refractivity contribution in [3.8, 4) is 0 Å². The molecule has 2 aliphatic heterocycles. The van der Waals surface area contributed by atoms with Gasteiger partial charge in [-0.1, -0.05) is 45.0 Å². The van der Waals surface area contributed by atoms with Crippen LogP contribution in [-0.2, 0) is 6.42 Å². The van der Waals surface area contributed by atoms with Crippen molar-refractivity contribution in [2.45, 2.75) is 39.7 Å². The van der Waals surface area contributed by atoms with E-state index in [-0.39, 0.29) is 0 Å². The maximum absolute atomic E-state index is 3.71. The SMILES string of the molecule is CC(C)(C)C1CCN(CC2NCCc3ccccc32)C1. The van der Waals surface area contributed by atoms with E-state index < -0.39 is 0 Å². The van der Waals surface area contributed by atoms with Crippen LogP contribution in [0.1, 0.15) is 44.4 Å². The lowest BCUT2D eigenvalue weighted by Gasteiger charge is -2.31. The lowest BCUT2D eigenvalue weighted by molar-refractivity contribution is 0.218. The molecule has 2 heterocycles. The zero-order valence-electron chi connectivity index (χ0n) is 13.2.